The maximum Gasteiger partial charge on any atom is 0.239 e. The van der Waals surface area contributed by atoms with Crippen molar-refractivity contribution < 1.29 is 8.42 Å². The van der Waals surface area contributed by atoms with Crippen LogP contribution in [0.25, 0.3) is 0 Å². The van der Waals surface area contributed by atoms with E-state index < -0.39 is 10.0 Å². The average molecular weight is 324 g/mol. The molecule has 3 nitrogen and oxygen atoms in total. The van der Waals surface area contributed by atoms with Gasteiger partial charge in [-0.15, -0.1) is 11.6 Å². The molecule has 0 aliphatic rings. The first-order valence-corrected chi connectivity index (χ1v) is 8.74. The molecule has 0 aliphatic carbocycles. The van der Waals surface area contributed by atoms with E-state index in [2.05, 4.69) is 0 Å². The summed E-state index contributed by atoms with van der Waals surface area (Å²) in [6.45, 7) is 1.94. The maximum absolute atomic E-state index is 12.5. The number of benzene rings is 2. The minimum absolute atomic E-state index is 0.0278. The van der Waals surface area contributed by atoms with E-state index in [1.165, 1.54) is 4.31 Å². The van der Waals surface area contributed by atoms with Gasteiger partial charge < -0.3 is 0 Å². The Balaban J connectivity index is 2.20. The van der Waals surface area contributed by atoms with Gasteiger partial charge in [0.05, 0.1) is 11.4 Å². The molecule has 0 radical (unpaired) electrons. The predicted molar refractivity (Wildman–Crippen MR) is 88.2 cm³/mol. The summed E-state index contributed by atoms with van der Waals surface area (Å²) in [5, 5.41) is 0. The van der Waals surface area contributed by atoms with E-state index in [1.807, 2.05) is 37.3 Å². The van der Waals surface area contributed by atoms with Crippen molar-refractivity contribution in [2.45, 2.75) is 18.6 Å². The Kier molecular flexibility index (Phi) is 4.91. The van der Waals surface area contributed by atoms with E-state index in [0.29, 0.717) is 11.6 Å². The Labute approximate surface area is 131 Å². The summed E-state index contributed by atoms with van der Waals surface area (Å²) in [7, 11) is -1.82. The number of anilines is 1. The van der Waals surface area contributed by atoms with Crippen molar-refractivity contribution in [1.29, 1.82) is 0 Å². The van der Waals surface area contributed by atoms with E-state index >= 15 is 0 Å². The number of hydrogen-bond acceptors (Lipinski definition) is 2. The van der Waals surface area contributed by atoms with Gasteiger partial charge >= 0.3 is 0 Å². The van der Waals surface area contributed by atoms with Crippen LogP contribution in [-0.4, -0.2) is 15.5 Å². The number of nitrogens with zero attached hydrogens (tertiary/aromatic N) is 1. The Bertz CT molecular complexity index is 711. The standard InChI is InChI=1S/C16H18ClNO2S/c1-13-4-3-5-16(10-13)18(2)21(19,20)12-15-8-6-14(11-17)7-9-15/h3-10H,11-12H2,1-2H3. The zero-order valence-electron chi connectivity index (χ0n) is 12.1. The number of alkyl halides is 1. The number of aryl methyl sites for hydroxylation is 1. The van der Waals surface area contributed by atoms with Gasteiger partial charge in [0.1, 0.15) is 0 Å². The van der Waals surface area contributed by atoms with Crippen LogP contribution < -0.4 is 4.31 Å². The van der Waals surface area contributed by atoms with Gasteiger partial charge in [0.25, 0.3) is 0 Å². The Hall–Kier alpha value is -1.52. The maximum atomic E-state index is 12.5. The van der Waals surface area contributed by atoms with Crippen LogP contribution in [-0.2, 0) is 21.7 Å². The van der Waals surface area contributed by atoms with Crippen LogP contribution in [0.5, 0.6) is 0 Å². The lowest BCUT2D eigenvalue weighted by atomic mass is 10.2. The van der Waals surface area contributed by atoms with Crippen molar-refractivity contribution in [1.82, 2.24) is 0 Å². The second-order valence-corrected chi connectivity index (χ2v) is 7.28. The molecule has 2 aromatic carbocycles. The van der Waals surface area contributed by atoms with E-state index in [4.69, 9.17) is 11.6 Å². The highest BCUT2D eigenvalue weighted by Gasteiger charge is 2.19. The van der Waals surface area contributed by atoms with Crippen LogP contribution in [0.2, 0.25) is 0 Å². The SMILES string of the molecule is Cc1cccc(N(C)S(=O)(=O)Cc2ccc(CCl)cc2)c1. The largest absolute Gasteiger partial charge is 0.273 e. The molecule has 0 aromatic heterocycles. The van der Waals surface area contributed by atoms with Crippen molar-refractivity contribution in [2.75, 3.05) is 11.4 Å². The van der Waals surface area contributed by atoms with Crippen LogP contribution >= 0.6 is 11.6 Å². The second-order valence-electron chi connectivity index (χ2n) is 5.01. The van der Waals surface area contributed by atoms with Gasteiger partial charge in [0, 0.05) is 12.9 Å². The molecule has 0 saturated heterocycles. The van der Waals surface area contributed by atoms with Crippen molar-refractivity contribution in [2.24, 2.45) is 0 Å². The third kappa shape index (κ3) is 3.99. The molecule has 0 atom stereocenters. The molecule has 2 aromatic rings. The van der Waals surface area contributed by atoms with E-state index in [0.717, 1.165) is 16.7 Å². The highest BCUT2D eigenvalue weighted by atomic mass is 35.5. The minimum atomic E-state index is -3.40. The summed E-state index contributed by atoms with van der Waals surface area (Å²) < 4.78 is 26.3. The van der Waals surface area contributed by atoms with Gasteiger partial charge in [-0.05, 0) is 35.7 Å². The Morgan fingerprint density at radius 1 is 1.05 bits per heavy atom. The molecular weight excluding hydrogens is 306 g/mol. The fourth-order valence-electron chi connectivity index (χ4n) is 2.02. The molecule has 0 aliphatic heterocycles. The fourth-order valence-corrected chi connectivity index (χ4v) is 3.44. The molecule has 2 rings (SSSR count). The highest BCUT2D eigenvalue weighted by molar-refractivity contribution is 7.92. The first kappa shape index (κ1) is 15.9. The normalized spacial score (nSPS) is 11.4. The average Bonchev–Trinajstić information content (AvgIpc) is 2.47. The van der Waals surface area contributed by atoms with Gasteiger partial charge in [-0.3, -0.25) is 4.31 Å². The summed E-state index contributed by atoms with van der Waals surface area (Å²) in [5.74, 6) is 0.399. The number of rotatable bonds is 5. The molecule has 0 heterocycles. The van der Waals surface area contributed by atoms with Crippen LogP contribution in [0.3, 0.4) is 0 Å². The van der Waals surface area contributed by atoms with Crippen molar-refractivity contribution in [3.8, 4) is 0 Å². The molecule has 0 fully saturated rings. The second kappa shape index (κ2) is 6.50. The van der Waals surface area contributed by atoms with Crippen molar-refractivity contribution in [3.63, 3.8) is 0 Å². The first-order valence-electron chi connectivity index (χ1n) is 6.59. The third-order valence-corrected chi connectivity index (χ3v) is 5.36. The first-order chi connectivity index (χ1) is 9.92. The zero-order valence-corrected chi connectivity index (χ0v) is 13.7. The summed E-state index contributed by atoms with van der Waals surface area (Å²) in [4.78, 5) is 0. The Morgan fingerprint density at radius 2 is 1.67 bits per heavy atom. The van der Waals surface area contributed by atoms with Gasteiger partial charge in [0.2, 0.25) is 10.0 Å². The smallest absolute Gasteiger partial charge is 0.239 e. The van der Waals surface area contributed by atoms with Crippen LogP contribution in [0.15, 0.2) is 48.5 Å². The summed E-state index contributed by atoms with van der Waals surface area (Å²) in [6.07, 6.45) is 0. The van der Waals surface area contributed by atoms with Gasteiger partial charge in [-0.25, -0.2) is 8.42 Å². The molecule has 0 amide bonds. The highest BCUT2D eigenvalue weighted by Crippen LogP contribution is 2.20. The summed E-state index contributed by atoms with van der Waals surface area (Å²) in [5.41, 5.74) is 3.43. The molecule has 0 N–H and O–H groups in total. The summed E-state index contributed by atoms with van der Waals surface area (Å²) in [6, 6.07) is 14.8. The molecule has 0 unspecified atom stereocenters. The lowest BCUT2D eigenvalue weighted by Crippen LogP contribution is -2.27. The lowest BCUT2D eigenvalue weighted by Gasteiger charge is -2.20. The minimum Gasteiger partial charge on any atom is -0.273 e. The molecular formula is C16H18ClNO2S. The van der Waals surface area contributed by atoms with E-state index in [1.54, 1.807) is 25.2 Å². The molecule has 21 heavy (non-hydrogen) atoms. The van der Waals surface area contributed by atoms with Crippen molar-refractivity contribution in [3.05, 3.63) is 65.2 Å². The molecule has 0 spiro atoms. The Morgan fingerprint density at radius 3 is 2.24 bits per heavy atom. The number of hydrogen-bond donors (Lipinski definition) is 0. The van der Waals surface area contributed by atoms with Gasteiger partial charge in [-0.2, -0.15) is 0 Å². The topological polar surface area (TPSA) is 37.4 Å². The van der Waals surface area contributed by atoms with Gasteiger partial charge in [0.15, 0.2) is 0 Å². The molecule has 0 saturated carbocycles. The van der Waals surface area contributed by atoms with E-state index in [-0.39, 0.29) is 5.75 Å². The van der Waals surface area contributed by atoms with Gasteiger partial charge in [-0.1, -0.05) is 36.4 Å². The fraction of sp³-hybridized carbons (Fsp3) is 0.250. The third-order valence-electron chi connectivity index (χ3n) is 3.31. The zero-order chi connectivity index (χ0) is 15.5. The van der Waals surface area contributed by atoms with Crippen LogP contribution in [0.4, 0.5) is 5.69 Å². The van der Waals surface area contributed by atoms with Crippen LogP contribution in [0.1, 0.15) is 16.7 Å². The molecule has 112 valence electrons. The monoisotopic (exact) mass is 323 g/mol. The molecule has 0 bridgehead atoms. The van der Waals surface area contributed by atoms with Crippen molar-refractivity contribution >= 4 is 27.3 Å². The predicted octanol–water partition coefficient (Wildman–Crippen LogP) is 3.70. The number of halogens is 1. The quantitative estimate of drug-likeness (QED) is 0.787. The lowest BCUT2D eigenvalue weighted by molar-refractivity contribution is 0.593. The van der Waals surface area contributed by atoms with E-state index in [9.17, 15) is 8.42 Å². The van der Waals surface area contributed by atoms with Crippen LogP contribution in [0, 0.1) is 6.92 Å². The summed E-state index contributed by atoms with van der Waals surface area (Å²) >= 11 is 5.73. The number of sulfonamides is 1. The molecule has 5 heteroatoms.